The monoisotopic (exact) mass is 243 g/mol. The van der Waals surface area contributed by atoms with Crippen molar-refractivity contribution in [3.8, 4) is 0 Å². The smallest absolute Gasteiger partial charge is 0.309 e. The number of carbonyl (C=O) groups excluding carboxylic acids is 1. The molecule has 0 aromatic carbocycles. The highest BCUT2D eigenvalue weighted by molar-refractivity contribution is 5.72. The second kappa shape index (κ2) is 6.97. The molecule has 0 aromatic rings. The minimum atomic E-state index is -0.163. The summed E-state index contributed by atoms with van der Waals surface area (Å²) in [5.41, 5.74) is 0. The number of hydrogen-bond donors (Lipinski definition) is 2. The number of aliphatic hydroxyl groups excluding tert-OH is 1. The van der Waals surface area contributed by atoms with Gasteiger partial charge >= 0.3 is 5.97 Å². The molecule has 0 aromatic heterocycles. The summed E-state index contributed by atoms with van der Waals surface area (Å²) in [6, 6.07) is 0.134. The number of esters is 1. The number of methoxy groups -OCH3 is 1. The molecule has 4 heteroatoms. The first-order chi connectivity index (χ1) is 8.04. The maximum absolute atomic E-state index is 11.4. The van der Waals surface area contributed by atoms with Crippen molar-refractivity contribution in [3.63, 3.8) is 0 Å². The van der Waals surface area contributed by atoms with Crippen LogP contribution in [0, 0.1) is 11.8 Å². The van der Waals surface area contributed by atoms with Gasteiger partial charge in [-0.3, -0.25) is 4.79 Å². The first-order valence-corrected chi connectivity index (χ1v) is 6.53. The van der Waals surface area contributed by atoms with Gasteiger partial charge in [0.15, 0.2) is 0 Å². The molecule has 2 atom stereocenters. The molecule has 0 heterocycles. The third-order valence-electron chi connectivity index (χ3n) is 3.87. The fourth-order valence-corrected chi connectivity index (χ4v) is 2.27. The lowest BCUT2D eigenvalue weighted by molar-refractivity contribution is -0.145. The van der Waals surface area contributed by atoms with Crippen molar-refractivity contribution in [1.82, 2.24) is 5.32 Å². The van der Waals surface area contributed by atoms with Crippen LogP contribution in [0.5, 0.6) is 0 Å². The van der Waals surface area contributed by atoms with Crippen LogP contribution in [0.25, 0.3) is 0 Å². The SMILES string of the molecule is COC(=O)C(C)C(C)NCC1CCC(O)CC1. The van der Waals surface area contributed by atoms with Crippen LogP contribution < -0.4 is 5.32 Å². The van der Waals surface area contributed by atoms with E-state index >= 15 is 0 Å². The fourth-order valence-electron chi connectivity index (χ4n) is 2.27. The molecule has 1 aliphatic rings. The van der Waals surface area contributed by atoms with Crippen molar-refractivity contribution in [3.05, 3.63) is 0 Å². The van der Waals surface area contributed by atoms with E-state index in [1.807, 2.05) is 13.8 Å². The summed E-state index contributed by atoms with van der Waals surface area (Å²) < 4.78 is 4.73. The van der Waals surface area contributed by atoms with Crippen LogP contribution in [0.4, 0.5) is 0 Å². The second-order valence-electron chi connectivity index (χ2n) is 5.18. The molecule has 4 nitrogen and oxygen atoms in total. The predicted octanol–water partition coefficient (Wildman–Crippen LogP) is 1.32. The zero-order chi connectivity index (χ0) is 12.8. The van der Waals surface area contributed by atoms with Gasteiger partial charge in [0.25, 0.3) is 0 Å². The van der Waals surface area contributed by atoms with Gasteiger partial charge in [-0.2, -0.15) is 0 Å². The van der Waals surface area contributed by atoms with Gasteiger partial charge in [-0.1, -0.05) is 6.92 Å². The number of nitrogens with one attached hydrogen (secondary N) is 1. The second-order valence-corrected chi connectivity index (χ2v) is 5.18. The van der Waals surface area contributed by atoms with E-state index in [1.54, 1.807) is 0 Å². The molecule has 2 N–H and O–H groups in total. The van der Waals surface area contributed by atoms with E-state index in [1.165, 1.54) is 7.11 Å². The molecule has 0 radical (unpaired) electrons. The molecule has 1 fully saturated rings. The van der Waals surface area contributed by atoms with Crippen LogP contribution in [0.1, 0.15) is 39.5 Å². The molecule has 1 saturated carbocycles. The van der Waals surface area contributed by atoms with Gasteiger partial charge in [0.1, 0.15) is 0 Å². The van der Waals surface area contributed by atoms with Crippen LogP contribution in [0.2, 0.25) is 0 Å². The highest BCUT2D eigenvalue weighted by atomic mass is 16.5. The topological polar surface area (TPSA) is 58.6 Å². The maximum atomic E-state index is 11.4. The van der Waals surface area contributed by atoms with E-state index in [0.29, 0.717) is 5.92 Å². The molecule has 1 rings (SSSR count). The zero-order valence-electron chi connectivity index (χ0n) is 11.1. The van der Waals surface area contributed by atoms with Crippen LogP contribution in [-0.2, 0) is 9.53 Å². The van der Waals surface area contributed by atoms with Crippen LogP contribution >= 0.6 is 0 Å². The lowest BCUT2D eigenvalue weighted by Gasteiger charge is -2.28. The first kappa shape index (κ1) is 14.5. The van der Waals surface area contributed by atoms with Gasteiger partial charge in [0.05, 0.1) is 19.1 Å². The Bertz CT molecular complexity index is 237. The molecule has 0 amide bonds. The van der Waals surface area contributed by atoms with Gasteiger partial charge in [-0.15, -0.1) is 0 Å². The summed E-state index contributed by atoms with van der Waals surface area (Å²) in [4.78, 5) is 11.4. The summed E-state index contributed by atoms with van der Waals surface area (Å²) in [5, 5.41) is 12.8. The van der Waals surface area contributed by atoms with Crippen LogP contribution in [-0.4, -0.2) is 36.9 Å². The maximum Gasteiger partial charge on any atom is 0.309 e. The minimum absolute atomic E-state index is 0.0994. The summed E-state index contributed by atoms with van der Waals surface area (Å²) >= 11 is 0. The number of hydrogen-bond acceptors (Lipinski definition) is 4. The van der Waals surface area contributed by atoms with E-state index in [-0.39, 0.29) is 24.0 Å². The molecule has 0 saturated heterocycles. The van der Waals surface area contributed by atoms with E-state index in [0.717, 1.165) is 32.2 Å². The van der Waals surface area contributed by atoms with E-state index in [2.05, 4.69) is 5.32 Å². The van der Waals surface area contributed by atoms with Crippen molar-refractivity contribution < 1.29 is 14.6 Å². The van der Waals surface area contributed by atoms with Gasteiger partial charge in [-0.25, -0.2) is 0 Å². The average Bonchev–Trinajstić information content (AvgIpc) is 2.35. The highest BCUT2D eigenvalue weighted by Gasteiger charge is 2.23. The first-order valence-electron chi connectivity index (χ1n) is 6.53. The molecule has 0 spiro atoms. The Labute approximate surface area is 104 Å². The standard InChI is InChI=1S/C13H25NO3/c1-9(13(16)17-3)10(2)14-8-11-4-6-12(15)7-5-11/h9-12,14-15H,4-8H2,1-3H3. The molecular formula is C13H25NO3. The van der Waals surface area contributed by atoms with Gasteiger partial charge in [0, 0.05) is 6.04 Å². The van der Waals surface area contributed by atoms with E-state index in [4.69, 9.17) is 4.74 Å². The van der Waals surface area contributed by atoms with Crippen molar-refractivity contribution >= 4 is 5.97 Å². The number of rotatable bonds is 5. The van der Waals surface area contributed by atoms with Crippen LogP contribution in [0.15, 0.2) is 0 Å². The molecule has 1 aliphatic carbocycles. The summed E-state index contributed by atoms with van der Waals surface area (Å²) in [6.45, 7) is 4.82. The number of ether oxygens (including phenoxy) is 1. The minimum Gasteiger partial charge on any atom is -0.469 e. The Kier molecular flexibility index (Phi) is 5.92. The number of carbonyl (C=O) groups is 1. The van der Waals surface area contributed by atoms with E-state index in [9.17, 15) is 9.90 Å². The lowest BCUT2D eigenvalue weighted by Crippen LogP contribution is -2.40. The fraction of sp³-hybridized carbons (Fsp3) is 0.923. The predicted molar refractivity (Wildman–Crippen MR) is 66.6 cm³/mol. The van der Waals surface area contributed by atoms with Crippen molar-refractivity contribution in [2.45, 2.75) is 51.7 Å². The Morgan fingerprint density at radius 1 is 1.35 bits per heavy atom. The third kappa shape index (κ3) is 4.64. The Morgan fingerprint density at radius 2 is 1.94 bits per heavy atom. The van der Waals surface area contributed by atoms with Crippen molar-refractivity contribution in [2.24, 2.45) is 11.8 Å². The molecule has 0 aliphatic heterocycles. The summed E-state index contributed by atoms with van der Waals surface area (Å²) in [7, 11) is 1.42. The van der Waals surface area contributed by atoms with Gasteiger partial charge in [0.2, 0.25) is 0 Å². The Morgan fingerprint density at radius 3 is 2.47 bits per heavy atom. The average molecular weight is 243 g/mol. The number of aliphatic hydroxyl groups is 1. The van der Waals surface area contributed by atoms with Crippen LogP contribution in [0.3, 0.4) is 0 Å². The zero-order valence-corrected chi connectivity index (χ0v) is 11.1. The van der Waals surface area contributed by atoms with E-state index < -0.39 is 0 Å². The quantitative estimate of drug-likeness (QED) is 0.715. The lowest BCUT2D eigenvalue weighted by atomic mass is 9.87. The van der Waals surface area contributed by atoms with Crippen molar-refractivity contribution in [1.29, 1.82) is 0 Å². The highest BCUT2D eigenvalue weighted by Crippen LogP contribution is 2.23. The molecular weight excluding hydrogens is 218 g/mol. The van der Waals surface area contributed by atoms with Gasteiger partial charge in [-0.05, 0) is 45.1 Å². The summed E-state index contributed by atoms with van der Waals surface area (Å²) in [5.74, 6) is 0.351. The Hall–Kier alpha value is -0.610. The molecule has 0 bridgehead atoms. The molecule has 17 heavy (non-hydrogen) atoms. The largest absolute Gasteiger partial charge is 0.469 e. The van der Waals surface area contributed by atoms with Gasteiger partial charge < -0.3 is 15.2 Å². The molecule has 2 unspecified atom stereocenters. The third-order valence-corrected chi connectivity index (χ3v) is 3.87. The summed E-state index contributed by atoms with van der Waals surface area (Å²) in [6.07, 6.45) is 3.87. The van der Waals surface area contributed by atoms with Crippen molar-refractivity contribution in [2.75, 3.05) is 13.7 Å². The normalized spacial score (nSPS) is 28.5. The Balaban J connectivity index is 2.23. The molecule has 100 valence electrons.